The molecule has 1 amide bonds. The summed E-state index contributed by atoms with van der Waals surface area (Å²) >= 11 is 0. The van der Waals surface area contributed by atoms with Crippen LogP contribution in [0.3, 0.4) is 0 Å². The highest BCUT2D eigenvalue weighted by Gasteiger charge is 2.27. The number of nitrogens with zero attached hydrogens (tertiary/aromatic N) is 1. The van der Waals surface area contributed by atoms with E-state index in [4.69, 9.17) is 9.05 Å². The molecule has 0 heterocycles. The van der Waals surface area contributed by atoms with Crippen LogP contribution in [0.1, 0.15) is 258 Å². The summed E-state index contributed by atoms with van der Waals surface area (Å²) in [7, 11) is 1.53. The third kappa shape index (κ3) is 53.7. The second-order valence-corrected chi connectivity index (χ2v) is 22.4. The lowest BCUT2D eigenvalue weighted by Crippen LogP contribution is -2.45. The normalized spacial score (nSPS) is 14.4. The van der Waals surface area contributed by atoms with Gasteiger partial charge in [0, 0.05) is 6.42 Å². The van der Waals surface area contributed by atoms with E-state index >= 15 is 0 Å². The SMILES string of the molecule is CCCCC/C=C\C/C=C\C/C=C\CCCCCCCCC(=O)NC(COP(=O)(O)OCC[N+](C)(C)C)C(O)/C=C/CC/C=C/CC/C=C/CCCCCCCCCCCCCCCCCCCCC. The number of nitrogens with one attached hydrogen (secondary N) is 1. The van der Waals surface area contributed by atoms with E-state index in [1.165, 1.54) is 167 Å². The van der Waals surface area contributed by atoms with Crippen molar-refractivity contribution in [2.24, 2.45) is 0 Å². The van der Waals surface area contributed by atoms with Gasteiger partial charge in [-0.1, -0.05) is 241 Å². The van der Waals surface area contributed by atoms with E-state index in [1.807, 2.05) is 27.2 Å². The molecule has 8 nitrogen and oxygen atoms in total. The highest BCUT2D eigenvalue weighted by atomic mass is 31.2. The van der Waals surface area contributed by atoms with Gasteiger partial charge in [-0.3, -0.25) is 13.8 Å². The maximum atomic E-state index is 13.0. The number of rotatable bonds is 53. The topological polar surface area (TPSA) is 105 Å². The third-order valence-electron chi connectivity index (χ3n) is 12.9. The fourth-order valence-corrected chi connectivity index (χ4v) is 8.99. The molecular formula is C61H114N2O6P+. The van der Waals surface area contributed by atoms with Crippen molar-refractivity contribution < 1.29 is 32.9 Å². The average Bonchev–Trinajstić information content (AvgIpc) is 3.32. The Morgan fingerprint density at radius 2 is 0.829 bits per heavy atom. The summed E-state index contributed by atoms with van der Waals surface area (Å²) in [5.41, 5.74) is 0. The largest absolute Gasteiger partial charge is 0.472 e. The molecule has 0 saturated heterocycles. The lowest BCUT2D eigenvalue weighted by atomic mass is 10.0. The predicted molar refractivity (Wildman–Crippen MR) is 304 cm³/mol. The van der Waals surface area contributed by atoms with Gasteiger partial charge in [0.05, 0.1) is 39.9 Å². The van der Waals surface area contributed by atoms with Crippen LogP contribution in [-0.4, -0.2) is 73.4 Å². The van der Waals surface area contributed by atoms with Crippen molar-refractivity contribution >= 4 is 13.7 Å². The van der Waals surface area contributed by atoms with Crippen molar-refractivity contribution in [3.05, 3.63) is 72.9 Å². The third-order valence-corrected chi connectivity index (χ3v) is 13.9. The van der Waals surface area contributed by atoms with Gasteiger partial charge in [-0.05, 0) is 83.5 Å². The number of likely N-dealkylation sites (N-methyl/N-ethyl adjacent to an activating group) is 1. The molecule has 0 rings (SSSR count). The number of allylic oxidation sites excluding steroid dienone is 11. The van der Waals surface area contributed by atoms with Crippen molar-refractivity contribution in [2.75, 3.05) is 40.9 Å². The molecule has 3 N–H and O–H groups in total. The first-order valence-corrected chi connectivity index (χ1v) is 30.8. The molecule has 3 unspecified atom stereocenters. The van der Waals surface area contributed by atoms with E-state index in [2.05, 4.69) is 79.9 Å². The molecule has 408 valence electrons. The van der Waals surface area contributed by atoms with Crippen molar-refractivity contribution in [1.82, 2.24) is 5.32 Å². The molecule has 0 aromatic rings. The fraction of sp³-hybridized carbons (Fsp3) is 0.787. The summed E-state index contributed by atoms with van der Waals surface area (Å²) in [6.07, 6.45) is 71.6. The molecule has 0 aliphatic rings. The van der Waals surface area contributed by atoms with E-state index in [0.29, 0.717) is 17.4 Å². The van der Waals surface area contributed by atoms with E-state index in [-0.39, 0.29) is 19.1 Å². The Labute approximate surface area is 434 Å². The number of aliphatic hydroxyl groups excluding tert-OH is 1. The van der Waals surface area contributed by atoms with Crippen LogP contribution < -0.4 is 5.32 Å². The number of phosphoric acid groups is 1. The summed E-state index contributed by atoms with van der Waals surface area (Å²) in [4.78, 5) is 23.3. The van der Waals surface area contributed by atoms with Gasteiger partial charge in [0.1, 0.15) is 13.2 Å². The number of quaternary nitrogens is 1. The zero-order valence-corrected chi connectivity index (χ0v) is 47.4. The molecule has 0 spiro atoms. The zero-order chi connectivity index (χ0) is 51.3. The Kier molecular flexibility index (Phi) is 50.3. The number of hydrogen-bond acceptors (Lipinski definition) is 5. The number of hydrogen-bond donors (Lipinski definition) is 3. The summed E-state index contributed by atoms with van der Waals surface area (Å²) < 4.78 is 23.7. The monoisotopic (exact) mass is 1000 g/mol. The zero-order valence-electron chi connectivity index (χ0n) is 46.5. The second-order valence-electron chi connectivity index (χ2n) is 21.0. The summed E-state index contributed by atoms with van der Waals surface area (Å²) in [6.45, 7) is 4.76. The van der Waals surface area contributed by atoms with Gasteiger partial charge in [-0.15, -0.1) is 0 Å². The molecule has 70 heavy (non-hydrogen) atoms. The number of amides is 1. The van der Waals surface area contributed by atoms with Crippen LogP contribution in [0.5, 0.6) is 0 Å². The number of phosphoric ester groups is 1. The minimum atomic E-state index is -4.37. The summed E-state index contributed by atoms with van der Waals surface area (Å²) in [5.74, 6) is -0.204. The first kappa shape index (κ1) is 67.9. The van der Waals surface area contributed by atoms with E-state index in [0.717, 1.165) is 70.6 Å². The lowest BCUT2D eigenvalue weighted by Gasteiger charge is -2.25. The van der Waals surface area contributed by atoms with E-state index < -0.39 is 20.0 Å². The Morgan fingerprint density at radius 1 is 0.486 bits per heavy atom. The summed E-state index contributed by atoms with van der Waals surface area (Å²) in [6, 6.07) is -0.881. The molecule has 0 aliphatic carbocycles. The van der Waals surface area contributed by atoms with Gasteiger partial charge < -0.3 is 19.8 Å². The molecule has 0 fully saturated rings. The van der Waals surface area contributed by atoms with Crippen LogP contribution in [0.4, 0.5) is 0 Å². The van der Waals surface area contributed by atoms with Crippen LogP contribution in [-0.2, 0) is 18.4 Å². The fourth-order valence-electron chi connectivity index (χ4n) is 8.26. The number of carbonyl (C=O) groups excluding carboxylic acids is 1. The maximum absolute atomic E-state index is 13.0. The quantitative estimate of drug-likeness (QED) is 0.0243. The minimum absolute atomic E-state index is 0.0477. The molecule has 0 bridgehead atoms. The van der Waals surface area contributed by atoms with E-state index in [9.17, 15) is 19.4 Å². The van der Waals surface area contributed by atoms with Crippen molar-refractivity contribution in [3.63, 3.8) is 0 Å². The first-order chi connectivity index (χ1) is 34.0. The smallest absolute Gasteiger partial charge is 0.387 e. The van der Waals surface area contributed by atoms with Crippen LogP contribution in [0.25, 0.3) is 0 Å². The number of aliphatic hydroxyl groups is 1. The lowest BCUT2D eigenvalue weighted by molar-refractivity contribution is -0.870. The molecule has 0 aromatic heterocycles. The predicted octanol–water partition coefficient (Wildman–Crippen LogP) is 17.9. The van der Waals surface area contributed by atoms with Gasteiger partial charge in [0.15, 0.2) is 0 Å². The highest BCUT2D eigenvalue weighted by Crippen LogP contribution is 2.43. The van der Waals surface area contributed by atoms with Crippen LogP contribution >= 0.6 is 7.82 Å². The Hall–Kier alpha value is -2.06. The number of carbonyl (C=O) groups is 1. The molecular weight excluding hydrogens is 888 g/mol. The maximum Gasteiger partial charge on any atom is 0.472 e. The van der Waals surface area contributed by atoms with Gasteiger partial charge in [0.25, 0.3) is 0 Å². The molecule has 0 saturated carbocycles. The number of unbranched alkanes of at least 4 members (excludes halogenated alkanes) is 30. The van der Waals surface area contributed by atoms with Crippen LogP contribution in [0, 0.1) is 0 Å². The Morgan fingerprint density at radius 3 is 1.27 bits per heavy atom. The van der Waals surface area contributed by atoms with Crippen molar-refractivity contribution in [3.8, 4) is 0 Å². The van der Waals surface area contributed by atoms with Gasteiger partial charge in [0.2, 0.25) is 5.91 Å². The Balaban J connectivity index is 4.28. The van der Waals surface area contributed by atoms with Gasteiger partial charge >= 0.3 is 7.82 Å². The first-order valence-electron chi connectivity index (χ1n) is 29.3. The standard InChI is InChI=1S/C61H113N2O6P/c1-6-8-10-12-14-16-18-20-22-24-26-27-28-29-30-31-32-33-34-35-37-38-40-42-44-46-48-50-52-54-60(64)59(58-69-70(66,67)68-57-56-63(3,4)5)62-61(65)55-53-51-49-47-45-43-41-39-36-25-23-21-19-17-15-13-11-9-7-2/h15,17,21,23,36-39,44,46,52,54,59-60,64H,6-14,16,18-20,22,24-35,40-43,45,47-51,53,55-58H2,1-5H3,(H-,62,65,66,67)/p+1/b17-15-,23-21-,38-37+,39-36-,46-44+,54-52+. The molecule has 0 aliphatic heterocycles. The average molecular weight is 1000 g/mol. The highest BCUT2D eigenvalue weighted by molar-refractivity contribution is 7.47. The van der Waals surface area contributed by atoms with Gasteiger partial charge in [-0.25, -0.2) is 4.57 Å². The summed E-state index contributed by atoms with van der Waals surface area (Å²) in [5, 5.41) is 13.9. The van der Waals surface area contributed by atoms with Gasteiger partial charge in [-0.2, -0.15) is 0 Å². The molecule has 0 aromatic carbocycles. The molecule has 3 atom stereocenters. The van der Waals surface area contributed by atoms with E-state index in [1.54, 1.807) is 6.08 Å². The van der Waals surface area contributed by atoms with Crippen molar-refractivity contribution in [1.29, 1.82) is 0 Å². The molecule has 9 heteroatoms. The minimum Gasteiger partial charge on any atom is -0.387 e. The van der Waals surface area contributed by atoms with Crippen LogP contribution in [0.15, 0.2) is 72.9 Å². The Bertz CT molecular complexity index is 1370. The van der Waals surface area contributed by atoms with Crippen LogP contribution in [0.2, 0.25) is 0 Å². The molecule has 0 radical (unpaired) electrons. The van der Waals surface area contributed by atoms with Crippen molar-refractivity contribution in [2.45, 2.75) is 270 Å². The second kappa shape index (κ2) is 51.8.